The summed E-state index contributed by atoms with van der Waals surface area (Å²) < 4.78 is 13.6. The molecule has 0 aliphatic carbocycles. The van der Waals surface area contributed by atoms with Gasteiger partial charge in [0.05, 0.1) is 17.7 Å². The summed E-state index contributed by atoms with van der Waals surface area (Å²) in [5.41, 5.74) is 8.54. The molecule has 256 valence electrons. The number of nitrogens with two attached hydrogens (primary N) is 1. The zero-order valence-corrected chi connectivity index (χ0v) is 28.8. The van der Waals surface area contributed by atoms with Crippen molar-refractivity contribution in [1.82, 2.24) is 20.9 Å². The zero-order valence-electron chi connectivity index (χ0n) is 27.3. The Balaban J connectivity index is 1.77. The van der Waals surface area contributed by atoms with Crippen LogP contribution in [0.15, 0.2) is 66.7 Å². The number of carbonyl (C=O) groups is 3. The van der Waals surface area contributed by atoms with Gasteiger partial charge in [-0.3, -0.25) is 14.4 Å². The molecule has 12 heteroatoms. The summed E-state index contributed by atoms with van der Waals surface area (Å²) in [7, 11) is 4.03. The van der Waals surface area contributed by atoms with Gasteiger partial charge in [0.1, 0.15) is 11.9 Å². The van der Waals surface area contributed by atoms with Crippen LogP contribution in [0, 0.1) is 17.1 Å². The number of nitrogens with one attached hydrogen (secondary N) is 3. The van der Waals surface area contributed by atoms with Crippen LogP contribution in [0.5, 0.6) is 0 Å². The van der Waals surface area contributed by atoms with Crippen molar-refractivity contribution in [1.29, 1.82) is 5.26 Å². The maximum absolute atomic E-state index is 13.9. The van der Waals surface area contributed by atoms with Crippen LogP contribution in [-0.2, 0) is 33.6 Å². The molecule has 3 aromatic rings. The highest BCUT2D eigenvalue weighted by Gasteiger charge is 2.28. The third-order valence-electron chi connectivity index (χ3n) is 7.76. The fourth-order valence-corrected chi connectivity index (χ4v) is 5.65. The molecule has 0 fully saturated rings. The number of hydrogen-bond donors (Lipinski definition) is 4. The van der Waals surface area contributed by atoms with Crippen molar-refractivity contribution in [3.05, 3.63) is 105 Å². The van der Waals surface area contributed by atoms with Crippen molar-refractivity contribution in [2.75, 3.05) is 27.2 Å². The van der Waals surface area contributed by atoms with Gasteiger partial charge in [-0.05, 0) is 93.3 Å². The van der Waals surface area contributed by atoms with E-state index >= 15 is 0 Å². The molecule has 3 rings (SSSR count). The summed E-state index contributed by atoms with van der Waals surface area (Å²) in [6.07, 6.45) is 3.11. The number of carbonyl (C=O) groups excluding carboxylic acids is 3. The minimum Gasteiger partial charge on any atom is -0.356 e. The number of nitrogens with zero attached hydrogens (tertiary/aromatic N) is 2. The second-order valence-electron chi connectivity index (χ2n) is 12.0. The minimum atomic E-state index is -1.12. The molecule has 9 nitrogen and oxygen atoms in total. The molecule has 0 unspecified atom stereocenters. The van der Waals surface area contributed by atoms with Gasteiger partial charge in [-0.1, -0.05) is 66.0 Å². The van der Waals surface area contributed by atoms with Crippen LogP contribution in [-0.4, -0.2) is 67.9 Å². The number of rotatable bonds is 18. The van der Waals surface area contributed by atoms with Crippen LogP contribution < -0.4 is 21.7 Å². The number of amides is 3. The predicted octanol–water partition coefficient (Wildman–Crippen LogP) is 4.57. The van der Waals surface area contributed by atoms with Crippen molar-refractivity contribution in [2.45, 2.75) is 63.1 Å². The lowest BCUT2D eigenvalue weighted by molar-refractivity contribution is -0.130. The Bertz CT molecular complexity index is 1560. The summed E-state index contributed by atoms with van der Waals surface area (Å²) in [5, 5.41) is 18.8. The quantitative estimate of drug-likeness (QED) is 0.144. The second kappa shape index (κ2) is 19.7. The standard InChI is InChI=1S/C36H43Cl2FN6O3/c1-45(2)17-7-3-6-16-42-34(46)22-30(18-24-10-14-29(39)15-11-24)43-36(48)33(20-26-12-13-28(37)21-31(26)38)44-35(47)32(41)19-25-8-4-5-9-27(25)23-40/h4-5,8-15,21,30,32-33H,3,6-7,16-20,22,41H2,1-2H3,(H,42,46)(H,43,48)(H,44,47)/t30-,32+,33+/m0/s1. The first-order valence-electron chi connectivity index (χ1n) is 15.9. The van der Waals surface area contributed by atoms with Gasteiger partial charge in [0.2, 0.25) is 17.7 Å². The normalized spacial score (nSPS) is 12.9. The lowest BCUT2D eigenvalue weighted by atomic mass is 9.99. The molecule has 3 atom stereocenters. The van der Waals surface area contributed by atoms with E-state index in [2.05, 4.69) is 26.9 Å². The Morgan fingerprint density at radius 3 is 2.31 bits per heavy atom. The molecule has 48 heavy (non-hydrogen) atoms. The van der Waals surface area contributed by atoms with E-state index in [1.807, 2.05) is 14.1 Å². The monoisotopic (exact) mass is 696 g/mol. The highest BCUT2D eigenvalue weighted by Crippen LogP contribution is 2.22. The fraction of sp³-hybridized carbons (Fsp3) is 0.389. The Kier molecular flexibility index (Phi) is 15.8. The Morgan fingerprint density at radius 1 is 0.896 bits per heavy atom. The van der Waals surface area contributed by atoms with Crippen LogP contribution in [0.2, 0.25) is 10.0 Å². The topological polar surface area (TPSA) is 140 Å². The number of hydrogen-bond acceptors (Lipinski definition) is 6. The van der Waals surface area contributed by atoms with Crippen molar-refractivity contribution in [3.63, 3.8) is 0 Å². The Morgan fingerprint density at radius 2 is 1.62 bits per heavy atom. The summed E-state index contributed by atoms with van der Waals surface area (Å²) in [6, 6.07) is 16.8. The maximum Gasteiger partial charge on any atom is 0.243 e. The third kappa shape index (κ3) is 13.2. The van der Waals surface area contributed by atoms with E-state index in [1.54, 1.807) is 54.6 Å². The summed E-state index contributed by atoms with van der Waals surface area (Å²) in [6.45, 7) is 1.47. The highest BCUT2D eigenvalue weighted by molar-refractivity contribution is 6.35. The number of benzene rings is 3. The molecule has 3 amide bonds. The van der Waals surface area contributed by atoms with Gasteiger partial charge in [0, 0.05) is 35.5 Å². The molecule has 0 heterocycles. The predicted molar refractivity (Wildman–Crippen MR) is 187 cm³/mol. The Hall–Kier alpha value is -4.01. The van der Waals surface area contributed by atoms with E-state index in [0.29, 0.717) is 33.3 Å². The average molecular weight is 698 g/mol. The smallest absolute Gasteiger partial charge is 0.243 e. The summed E-state index contributed by atoms with van der Waals surface area (Å²) in [4.78, 5) is 42.3. The molecule has 0 aliphatic rings. The minimum absolute atomic E-state index is 0.0114. The van der Waals surface area contributed by atoms with Crippen molar-refractivity contribution in [2.24, 2.45) is 5.73 Å². The van der Waals surface area contributed by atoms with E-state index in [-0.39, 0.29) is 31.6 Å². The summed E-state index contributed by atoms with van der Waals surface area (Å²) >= 11 is 12.5. The van der Waals surface area contributed by atoms with E-state index in [4.69, 9.17) is 28.9 Å². The van der Waals surface area contributed by atoms with Crippen LogP contribution in [0.4, 0.5) is 4.39 Å². The first kappa shape index (κ1) is 38.4. The number of halogens is 3. The molecule has 0 radical (unpaired) electrons. The molecule has 0 saturated carbocycles. The molecule has 3 aromatic carbocycles. The maximum atomic E-state index is 13.9. The van der Waals surface area contributed by atoms with Crippen LogP contribution in [0.25, 0.3) is 0 Å². The molecule has 0 spiro atoms. The van der Waals surface area contributed by atoms with Crippen LogP contribution >= 0.6 is 23.2 Å². The molecule has 0 aliphatic heterocycles. The SMILES string of the molecule is CN(C)CCCCCNC(=O)C[C@H](Cc1ccc(F)cc1)NC(=O)[C@@H](Cc1ccc(Cl)cc1Cl)NC(=O)[C@H](N)Cc1ccccc1C#N. The summed E-state index contributed by atoms with van der Waals surface area (Å²) in [5.74, 6) is -1.80. The first-order chi connectivity index (χ1) is 22.9. The molecular formula is C36H43Cl2FN6O3. The number of unbranched alkanes of at least 4 members (excludes halogenated alkanes) is 2. The van der Waals surface area contributed by atoms with Gasteiger partial charge in [0.15, 0.2) is 0 Å². The van der Waals surface area contributed by atoms with E-state index in [9.17, 15) is 24.0 Å². The average Bonchev–Trinajstić information content (AvgIpc) is 3.04. The molecule has 0 saturated heterocycles. The van der Waals surface area contributed by atoms with Gasteiger partial charge < -0.3 is 26.6 Å². The van der Waals surface area contributed by atoms with Gasteiger partial charge >= 0.3 is 0 Å². The Labute approximate surface area is 292 Å². The number of nitriles is 1. The zero-order chi connectivity index (χ0) is 35.1. The van der Waals surface area contributed by atoms with Crippen molar-refractivity contribution < 1.29 is 18.8 Å². The molecule has 0 aromatic heterocycles. The van der Waals surface area contributed by atoms with E-state index in [1.165, 1.54) is 12.1 Å². The fourth-order valence-electron chi connectivity index (χ4n) is 5.17. The first-order valence-corrected chi connectivity index (χ1v) is 16.6. The van der Waals surface area contributed by atoms with E-state index < -0.39 is 35.8 Å². The molecule has 0 bridgehead atoms. The second-order valence-corrected chi connectivity index (χ2v) is 12.9. The lowest BCUT2D eigenvalue weighted by Crippen LogP contribution is -2.55. The van der Waals surface area contributed by atoms with Gasteiger partial charge in [-0.15, -0.1) is 0 Å². The van der Waals surface area contributed by atoms with Gasteiger partial charge in [-0.25, -0.2) is 4.39 Å². The molecule has 5 N–H and O–H groups in total. The largest absolute Gasteiger partial charge is 0.356 e. The van der Waals surface area contributed by atoms with E-state index in [0.717, 1.165) is 31.4 Å². The van der Waals surface area contributed by atoms with Crippen molar-refractivity contribution in [3.8, 4) is 6.07 Å². The van der Waals surface area contributed by atoms with Crippen molar-refractivity contribution >= 4 is 40.9 Å². The third-order valence-corrected chi connectivity index (χ3v) is 8.35. The van der Waals surface area contributed by atoms with Crippen LogP contribution in [0.3, 0.4) is 0 Å². The highest BCUT2D eigenvalue weighted by atomic mass is 35.5. The van der Waals surface area contributed by atoms with Crippen LogP contribution in [0.1, 0.15) is 47.9 Å². The lowest BCUT2D eigenvalue weighted by Gasteiger charge is -2.25. The van der Waals surface area contributed by atoms with Gasteiger partial charge in [-0.2, -0.15) is 5.26 Å². The molecular weight excluding hydrogens is 654 g/mol. The van der Waals surface area contributed by atoms with Gasteiger partial charge in [0.25, 0.3) is 0 Å².